The van der Waals surface area contributed by atoms with Crippen molar-refractivity contribution in [2.24, 2.45) is 5.92 Å². The summed E-state index contributed by atoms with van der Waals surface area (Å²) in [4.78, 5) is 0.301. The van der Waals surface area contributed by atoms with Crippen LogP contribution in [0, 0.1) is 12.8 Å². The summed E-state index contributed by atoms with van der Waals surface area (Å²) in [5, 5.41) is 9.61. The van der Waals surface area contributed by atoms with Crippen molar-refractivity contribution in [1.29, 1.82) is 0 Å². The van der Waals surface area contributed by atoms with E-state index in [1.54, 1.807) is 11.2 Å². The maximum atomic E-state index is 12.4. The average Bonchev–Trinajstić information content (AvgIpc) is 2.77. The lowest BCUT2D eigenvalue weighted by molar-refractivity contribution is 0.270. The smallest absolute Gasteiger partial charge is 0.246 e. The lowest BCUT2D eigenvalue weighted by Gasteiger charge is -2.30. The third kappa shape index (κ3) is 2.57. The van der Waals surface area contributed by atoms with Gasteiger partial charge in [0.05, 0.1) is 11.9 Å². The quantitative estimate of drug-likeness (QED) is 0.828. The van der Waals surface area contributed by atoms with Gasteiger partial charge in [-0.05, 0) is 39.3 Å². The second-order valence-corrected chi connectivity index (χ2v) is 6.67. The minimum Gasteiger partial charge on any atom is -0.319 e. The zero-order valence-corrected chi connectivity index (χ0v) is 11.6. The first-order valence-electron chi connectivity index (χ1n) is 6.20. The van der Waals surface area contributed by atoms with E-state index >= 15 is 0 Å². The number of hydrogen-bond acceptors (Lipinski definition) is 4. The third-order valence-corrected chi connectivity index (χ3v) is 5.48. The summed E-state index contributed by atoms with van der Waals surface area (Å²) in [5.74, 6) is 0.576. The minimum absolute atomic E-state index is 0.301. The Labute approximate surface area is 108 Å². The van der Waals surface area contributed by atoms with Gasteiger partial charge in [0.15, 0.2) is 0 Å². The first-order valence-corrected chi connectivity index (χ1v) is 7.64. The molecule has 0 radical (unpaired) electrons. The molecule has 1 aliphatic rings. The molecule has 0 saturated carbocycles. The molecule has 0 bridgehead atoms. The Kier molecular flexibility index (Phi) is 4.04. The molecule has 18 heavy (non-hydrogen) atoms. The molecule has 6 nitrogen and oxygen atoms in total. The number of rotatable bonds is 4. The molecular weight excluding hydrogens is 252 g/mol. The maximum Gasteiger partial charge on any atom is 0.246 e. The number of aryl methyl sites for hydroxylation is 1. The monoisotopic (exact) mass is 272 g/mol. The summed E-state index contributed by atoms with van der Waals surface area (Å²) in [6, 6.07) is 0. The van der Waals surface area contributed by atoms with Crippen molar-refractivity contribution in [3.05, 3.63) is 11.9 Å². The van der Waals surface area contributed by atoms with E-state index in [2.05, 4.69) is 15.5 Å². The number of nitrogens with one attached hydrogen (secondary N) is 2. The number of nitrogens with zero attached hydrogens (tertiary/aromatic N) is 2. The third-order valence-electron chi connectivity index (χ3n) is 3.47. The fourth-order valence-corrected chi connectivity index (χ4v) is 3.97. The molecule has 1 aromatic rings. The molecule has 2 heterocycles. The van der Waals surface area contributed by atoms with Gasteiger partial charge in [-0.3, -0.25) is 5.10 Å². The molecule has 102 valence electrons. The molecule has 1 saturated heterocycles. The highest BCUT2D eigenvalue weighted by atomic mass is 32.2. The highest BCUT2D eigenvalue weighted by molar-refractivity contribution is 7.89. The van der Waals surface area contributed by atoms with E-state index in [0.717, 1.165) is 19.4 Å². The van der Waals surface area contributed by atoms with Gasteiger partial charge in [-0.1, -0.05) is 0 Å². The molecule has 0 atom stereocenters. The number of piperidine rings is 1. The number of hydrogen-bond donors (Lipinski definition) is 2. The van der Waals surface area contributed by atoms with E-state index in [1.165, 1.54) is 6.20 Å². The van der Waals surface area contributed by atoms with Gasteiger partial charge in [-0.25, -0.2) is 8.42 Å². The lowest BCUT2D eigenvalue weighted by atomic mass is 9.98. The normalized spacial score (nSPS) is 19.2. The van der Waals surface area contributed by atoms with E-state index in [9.17, 15) is 8.42 Å². The van der Waals surface area contributed by atoms with Gasteiger partial charge < -0.3 is 5.32 Å². The highest BCUT2D eigenvalue weighted by Gasteiger charge is 2.30. The van der Waals surface area contributed by atoms with Crippen LogP contribution in [0.1, 0.15) is 18.5 Å². The van der Waals surface area contributed by atoms with E-state index < -0.39 is 10.0 Å². The van der Waals surface area contributed by atoms with Crippen LogP contribution in [0.2, 0.25) is 0 Å². The first-order chi connectivity index (χ1) is 8.55. The molecule has 0 amide bonds. The van der Waals surface area contributed by atoms with Crippen molar-refractivity contribution < 1.29 is 8.42 Å². The van der Waals surface area contributed by atoms with Crippen molar-refractivity contribution in [1.82, 2.24) is 19.8 Å². The maximum absolute atomic E-state index is 12.4. The molecule has 2 N–H and O–H groups in total. The van der Waals surface area contributed by atoms with E-state index in [-0.39, 0.29) is 0 Å². The summed E-state index contributed by atoms with van der Waals surface area (Å²) < 4.78 is 26.3. The Hall–Kier alpha value is -0.920. The largest absolute Gasteiger partial charge is 0.319 e. The number of sulfonamides is 1. The summed E-state index contributed by atoms with van der Waals surface area (Å²) in [6.45, 7) is 3.88. The second kappa shape index (κ2) is 5.38. The van der Waals surface area contributed by atoms with Crippen LogP contribution in [0.15, 0.2) is 11.1 Å². The molecule has 0 aromatic carbocycles. The molecule has 1 aromatic heterocycles. The van der Waals surface area contributed by atoms with Crippen molar-refractivity contribution in [3.63, 3.8) is 0 Å². The van der Waals surface area contributed by atoms with Crippen LogP contribution in [-0.4, -0.2) is 49.6 Å². The van der Waals surface area contributed by atoms with Gasteiger partial charge in [-0.2, -0.15) is 9.40 Å². The molecule has 1 aliphatic heterocycles. The Bertz CT molecular complexity index is 489. The zero-order chi connectivity index (χ0) is 13.2. The van der Waals surface area contributed by atoms with Gasteiger partial charge in [0.2, 0.25) is 10.0 Å². The van der Waals surface area contributed by atoms with Crippen LogP contribution >= 0.6 is 0 Å². The number of aromatic nitrogens is 2. The molecule has 0 unspecified atom stereocenters. The van der Waals surface area contributed by atoms with Crippen LogP contribution < -0.4 is 5.32 Å². The molecule has 2 rings (SSSR count). The summed E-state index contributed by atoms with van der Waals surface area (Å²) >= 11 is 0. The van der Waals surface area contributed by atoms with Crippen molar-refractivity contribution >= 4 is 10.0 Å². The molecule has 0 aliphatic carbocycles. The standard InChI is InChI=1S/C11H20N4O2S/c1-9-11(8-13-14-9)18(16,17)15-5-3-10(4-6-15)7-12-2/h8,10,12H,3-7H2,1-2H3,(H,13,14). The summed E-state index contributed by atoms with van der Waals surface area (Å²) in [6.07, 6.45) is 3.22. The van der Waals surface area contributed by atoms with Crippen molar-refractivity contribution in [2.75, 3.05) is 26.7 Å². The summed E-state index contributed by atoms with van der Waals surface area (Å²) in [5.41, 5.74) is 0.604. The van der Waals surface area contributed by atoms with Gasteiger partial charge in [-0.15, -0.1) is 0 Å². The van der Waals surface area contributed by atoms with E-state index in [4.69, 9.17) is 0 Å². The minimum atomic E-state index is -3.37. The topological polar surface area (TPSA) is 78.1 Å². The average molecular weight is 272 g/mol. The fraction of sp³-hybridized carbons (Fsp3) is 0.727. The van der Waals surface area contributed by atoms with Crippen LogP contribution in [0.4, 0.5) is 0 Å². The zero-order valence-electron chi connectivity index (χ0n) is 10.8. The van der Waals surface area contributed by atoms with Crippen molar-refractivity contribution in [3.8, 4) is 0 Å². The lowest BCUT2D eigenvalue weighted by Crippen LogP contribution is -2.40. The van der Waals surface area contributed by atoms with Crippen LogP contribution in [-0.2, 0) is 10.0 Å². The highest BCUT2D eigenvalue weighted by Crippen LogP contribution is 2.24. The van der Waals surface area contributed by atoms with Gasteiger partial charge in [0, 0.05) is 13.1 Å². The van der Waals surface area contributed by atoms with Gasteiger partial charge in [0.25, 0.3) is 0 Å². The predicted molar refractivity (Wildman–Crippen MR) is 68.7 cm³/mol. The van der Waals surface area contributed by atoms with E-state index in [1.807, 2.05) is 7.05 Å². The Morgan fingerprint density at radius 1 is 1.50 bits per heavy atom. The van der Waals surface area contributed by atoms with E-state index in [0.29, 0.717) is 29.6 Å². The molecule has 0 spiro atoms. The van der Waals surface area contributed by atoms with Crippen molar-refractivity contribution in [2.45, 2.75) is 24.7 Å². The Balaban J connectivity index is 2.08. The Morgan fingerprint density at radius 2 is 2.17 bits per heavy atom. The molecule has 7 heteroatoms. The number of aromatic amines is 1. The molecule has 1 fully saturated rings. The summed E-state index contributed by atoms with van der Waals surface area (Å²) in [7, 11) is -1.44. The van der Waals surface area contributed by atoms with Gasteiger partial charge >= 0.3 is 0 Å². The second-order valence-electron chi connectivity index (χ2n) is 4.76. The van der Waals surface area contributed by atoms with Crippen LogP contribution in [0.5, 0.6) is 0 Å². The van der Waals surface area contributed by atoms with Gasteiger partial charge in [0.1, 0.15) is 4.90 Å². The van der Waals surface area contributed by atoms with Crippen LogP contribution in [0.3, 0.4) is 0 Å². The van der Waals surface area contributed by atoms with Crippen LogP contribution in [0.25, 0.3) is 0 Å². The molecular formula is C11H20N4O2S. The predicted octanol–water partition coefficient (Wildman–Crippen LogP) is 0.338. The fourth-order valence-electron chi connectivity index (χ4n) is 2.38. The number of H-pyrrole nitrogens is 1. The Morgan fingerprint density at radius 3 is 2.67 bits per heavy atom. The first kappa shape index (κ1) is 13.5. The SMILES string of the molecule is CNCC1CCN(S(=O)(=O)c2cn[nH]c2C)CC1.